The lowest BCUT2D eigenvalue weighted by Gasteiger charge is -2.03. The number of nitrogens with zero attached hydrogens (tertiary/aromatic N) is 4. The van der Waals surface area contributed by atoms with Crippen LogP contribution in [-0.2, 0) is 20.6 Å². The molecule has 2 aromatic rings. The topological polar surface area (TPSA) is 81.8 Å². The van der Waals surface area contributed by atoms with Crippen molar-refractivity contribution in [3.8, 4) is 0 Å². The van der Waals surface area contributed by atoms with Gasteiger partial charge in [-0.25, -0.2) is 4.98 Å². The standard InChI is InChI=1S/C11H13N5O2/c1-15-4-3-8(5-10(15)17)11(18)12-6-9-13-7-16(2)14-9/h3-5,7H,6H2,1-2H3,(H,12,18). The van der Waals surface area contributed by atoms with Crippen molar-refractivity contribution in [3.05, 3.63) is 46.4 Å². The van der Waals surface area contributed by atoms with Crippen LogP contribution in [0.1, 0.15) is 16.2 Å². The zero-order chi connectivity index (χ0) is 13.1. The van der Waals surface area contributed by atoms with Crippen LogP contribution in [0.4, 0.5) is 0 Å². The van der Waals surface area contributed by atoms with Crippen LogP contribution in [-0.4, -0.2) is 25.2 Å². The van der Waals surface area contributed by atoms with Gasteiger partial charge in [-0.15, -0.1) is 0 Å². The van der Waals surface area contributed by atoms with Crippen molar-refractivity contribution in [2.45, 2.75) is 6.54 Å². The lowest BCUT2D eigenvalue weighted by atomic mass is 10.2. The zero-order valence-electron chi connectivity index (χ0n) is 10.1. The fourth-order valence-electron chi connectivity index (χ4n) is 1.42. The average molecular weight is 247 g/mol. The molecule has 0 saturated heterocycles. The van der Waals surface area contributed by atoms with Gasteiger partial charge in [0.05, 0.1) is 6.54 Å². The molecule has 7 nitrogen and oxygen atoms in total. The Morgan fingerprint density at radius 1 is 1.44 bits per heavy atom. The van der Waals surface area contributed by atoms with Crippen LogP contribution in [0.5, 0.6) is 0 Å². The lowest BCUT2D eigenvalue weighted by Crippen LogP contribution is -2.26. The summed E-state index contributed by atoms with van der Waals surface area (Å²) in [6, 6.07) is 2.88. The summed E-state index contributed by atoms with van der Waals surface area (Å²) in [6.07, 6.45) is 3.11. The van der Waals surface area contributed by atoms with Crippen LogP contribution in [0.3, 0.4) is 0 Å². The van der Waals surface area contributed by atoms with E-state index in [1.165, 1.54) is 10.6 Å². The Balaban J connectivity index is 2.03. The van der Waals surface area contributed by atoms with Gasteiger partial charge >= 0.3 is 0 Å². The number of hydrogen-bond acceptors (Lipinski definition) is 4. The predicted molar refractivity (Wildman–Crippen MR) is 63.9 cm³/mol. The SMILES string of the molecule is Cn1cnc(CNC(=O)c2ccn(C)c(=O)c2)n1. The van der Waals surface area contributed by atoms with Crippen molar-refractivity contribution in [1.29, 1.82) is 0 Å². The molecule has 0 spiro atoms. The molecule has 0 aliphatic heterocycles. The molecule has 0 unspecified atom stereocenters. The summed E-state index contributed by atoms with van der Waals surface area (Å²) in [5, 5.41) is 6.68. The summed E-state index contributed by atoms with van der Waals surface area (Å²) < 4.78 is 2.96. The molecule has 2 aromatic heterocycles. The molecule has 0 aromatic carbocycles. The minimum absolute atomic E-state index is 0.224. The Morgan fingerprint density at radius 2 is 2.22 bits per heavy atom. The van der Waals surface area contributed by atoms with Gasteiger partial charge in [-0.05, 0) is 6.07 Å². The number of carbonyl (C=O) groups is 1. The molecule has 7 heteroatoms. The maximum atomic E-state index is 11.8. The molecule has 0 aliphatic rings. The van der Waals surface area contributed by atoms with E-state index >= 15 is 0 Å². The first-order valence-corrected chi connectivity index (χ1v) is 5.35. The third-order valence-electron chi connectivity index (χ3n) is 2.42. The van der Waals surface area contributed by atoms with E-state index < -0.39 is 0 Å². The first kappa shape index (κ1) is 12.0. The molecule has 0 saturated carbocycles. The molecule has 2 rings (SSSR count). The van der Waals surface area contributed by atoms with Crippen molar-refractivity contribution in [2.75, 3.05) is 0 Å². The van der Waals surface area contributed by atoms with Crippen molar-refractivity contribution >= 4 is 5.91 Å². The second-order valence-corrected chi connectivity index (χ2v) is 3.88. The normalized spacial score (nSPS) is 10.3. The maximum absolute atomic E-state index is 11.8. The van der Waals surface area contributed by atoms with E-state index in [1.807, 2.05) is 0 Å². The molecule has 1 amide bonds. The molecule has 94 valence electrons. The first-order valence-electron chi connectivity index (χ1n) is 5.35. The van der Waals surface area contributed by atoms with E-state index in [9.17, 15) is 9.59 Å². The number of pyridine rings is 1. The number of rotatable bonds is 3. The summed E-state index contributed by atoms with van der Waals surface area (Å²) in [4.78, 5) is 27.1. The van der Waals surface area contributed by atoms with Crippen LogP contribution < -0.4 is 10.9 Å². The van der Waals surface area contributed by atoms with Gasteiger partial charge in [-0.2, -0.15) is 5.10 Å². The van der Waals surface area contributed by atoms with Crippen LogP contribution in [0.2, 0.25) is 0 Å². The molecule has 1 N–H and O–H groups in total. The highest BCUT2D eigenvalue weighted by atomic mass is 16.2. The van der Waals surface area contributed by atoms with Gasteiger partial charge in [-0.3, -0.25) is 14.3 Å². The molecule has 0 bridgehead atoms. The van der Waals surface area contributed by atoms with Gasteiger partial charge in [0.15, 0.2) is 5.82 Å². The Labute approximate surface area is 103 Å². The fraction of sp³-hybridized carbons (Fsp3) is 0.273. The molecule has 0 aliphatic carbocycles. The van der Waals surface area contributed by atoms with Crippen molar-refractivity contribution in [3.63, 3.8) is 0 Å². The molecular weight excluding hydrogens is 234 g/mol. The van der Waals surface area contributed by atoms with Crippen molar-refractivity contribution < 1.29 is 4.79 Å². The first-order chi connectivity index (χ1) is 8.56. The largest absolute Gasteiger partial charge is 0.345 e. The highest BCUT2D eigenvalue weighted by Gasteiger charge is 2.07. The number of hydrogen-bond donors (Lipinski definition) is 1. The van der Waals surface area contributed by atoms with Gasteiger partial charge in [-0.1, -0.05) is 0 Å². The lowest BCUT2D eigenvalue weighted by molar-refractivity contribution is 0.0949. The van der Waals surface area contributed by atoms with E-state index in [0.717, 1.165) is 0 Å². The summed E-state index contributed by atoms with van der Waals surface area (Å²) in [6.45, 7) is 0.231. The molecular formula is C11H13N5O2. The predicted octanol–water partition coefficient (Wildman–Crippen LogP) is -0.556. The third-order valence-corrected chi connectivity index (χ3v) is 2.42. The molecule has 0 fully saturated rings. The minimum atomic E-state index is -0.319. The molecule has 0 radical (unpaired) electrons. The Hall–Kier alpha value is -2.44. The summed E-state index contributed by atoms with van der Waals surface area (Å²) in [7, 11) is 3.38. The van der Waals surface area contributed by atoms with E-state index in [4.69, 9.17) is 0 Å². The van der Waals surface area contributed by atoms with Crippen molar-refractivity contribution in [1.82, 2.24) is 24.6 Å². The van der Waals surface area contributed by atoms with Crippen LogP contribution in [0.25, 0.3) is 0 Å². The quantitative estimate of drug-likeness (QED) is 0.788. The highest BCUT2D eigenvalue weighted by molar-refractivity contribution is 5.93. The molecule has 0 atom stereocenters. The number of aromatic nitrogens is 4. The summed E-state index contributed by atoms with van der Waals surface area (Å²) >= 11 is 0. The van der Waals surface area contributed by atoms with E-state index in [1.54, 1.807) is 37.4 Å². The average Bonchev–Trinajstić information content (AvgIpc) is 2.75. The second-order valence-electron chi connectivity index (χ2n) is 3.88. The zero-order valence-corrected chi connectivity index (χ0v) is 10.1. The van der Waals surface area contributed by atoms with Crippen LogP contribution in [0.15, 0.2) is 29.5 Å². The van der Waals surface area contributed by atoms with Crippen molar-refractivity contribution in [2.24, 2.45) is 14.1 Å². The van der Waals surface area contributed by atoms with E-state index in [-0.39, 0.29) is 18.0 Å². The minimum Gasteiger partial charge on any atom is -0.345 e. The van der Waals surface area contributed by atoms with Gasteiger partial charge in [0.25, 0.3) is 11.5 Å². The van der Waals surface area contributed by atoms with Gasteiger partial charge in [0.2, 0.25) is 0 Å². The third kappa shape index (κ3) is 2.62. The smallest absolute Gasteiger partial charge is 0.251 e. The number of nitrogens with one attached hydrogen (secondary N) is 1. The van der Waals surface area contributed by atoms with Gasteiger partial charge in [0.1, 0.15) is 6.33 Å². The molecule has 18 heavy (non-hydrogen) atoms. The van der Waals surface area contributed by atoms with Crippen LogP contribution >= 0.6 is 0 Å². The second kappa shape index (κ2) is 4.82. The number of aryl methyl sites for hydroxylation is 2. The Bertz CT molecular complexity index is 628. The number of carbonyl (C=O) groups excluding carboxylic acids is 1. The van der Waals surface area contributed by atoms with Gasteiger partial charge in [0, 0.05) is 31.9 Å². The number of amides is 1. The highest BCUT2D eigenvalue weighted by Crippen LogP contribution is 1.95. The fourth-order valence-corrected chi connectivity index (χ4v) is 1.42. The van der Waals surface area contributed by atoms with E-state index in [2.05, 4.69) is 15.4 Å². The Kier molecular flexibility index (Phi) is 3.22. The van der Waals surface area contributed by atoms with Crippen LogP contribution in [0, 0.1) is 0 Å². The van der Waals surface area contributed by atoms with Gasteiger partial charge < -0.3 is 9.88 Å². The molecule has 2 heterocycles. The monoisotopic (exact) mass is 247 g/mol. The Morgan fingerprint density at radius 3 is 2.83 bits per heavy atom. The maximum Gasteiger partial charge on any atom is 0.251 e. The summed E-state index contributed by atoms with van der Waals surface area (Å²) in [5.41, 5.74) is 0.104. The summed E-state index contributed by atoms with van der Waals surface area (Å²) in [5.74, 6) is 0.204. The van der Waals surface area contributed by atoms with E-state index in [0.29, 0.717) is 11.4 Å².